The van der Waals surface area contributed by atoms with Crippen LogP contribution in [0.15, 0.2) is 67.0 Å². The molecule has 2 aromatic carbocycles. The highest BCUT2D eigenvalue weighted by molar-refractivity contribution is 7.71. The summed E-state index contributed by atoms with van der Waals surface area (Å²) in [4.78, 5) is 21.1. The van der Waals surface area contributed by atoms with Gasteiger partial charge in [0.1, 0.15) is 5.75 Å². The van der Waals surface area contributed by atoms with E-state index in [0.29, 0.717) is 35.3 Å². The lowest BCUT2D eigenvalue weighted by atomic mass is 10.2. The second-order valence-corrected chi connectivity index (χ2v) is 7.31. The van der Waals surface area contributed by atoms with Crippen LogP contribution in [-0.2, 0) is 11.3 Å². The van der Waals surface area contributed by atoms with E-state index >= 15 is 0 Å². The number of rotatable bonds is 8. The molecule has 0 unspecified atom stereocenters. The van der Waals surface area contributed by atoms with Crippen molar-refractivity contribution in [3.05, 3.63) is 71.8 Å². The first-order valence-electron chi connectivity index (χ1n) is 10.2. The topological polar surface area (TPSA) is 97.7 Å². The zero-order chi connectivity index (χ0) is 22.3. The molecule has 0 radical (unpaired) electrons. The van der Waals surface area contributed by atoms with Crippen molar-refractivity contribution in [2.24, 2.45) is 0 Å². The van der Waals surface area contributed by atoms with Gasteiger partial charge in [-0.25, -0.2) is 9.97 Å². The highest BCUT2D eigenvalue weighted by atomic mass is 32.1. The molecule has 9 heteroatoms. The summed E-state index contributed by atoms with van der Waals surface area (Å²) in [5.41, 5.74) is 2.34. The third-order valence-electron chi connectivity index (χ3n) is 4.71. The number of H-pyrrole nitrogens is 1. The van der Waals surface area contributed by atoms with Crippen LogP contribution in [0.25, 0.3) is 22.8 Å². The minimum atomic E-state index is -0.165. The Bertz CT molecular complexity index is 1230. The lowest BCUT2D eigenvalue weighted by Gasteiger charge is -2.09. The summed E-state index contributed by atoms with van der Waals surface area (Å²) >= 11 is 5.35. The molecular weight excluding hydrogens is 424 g/mol. The van der Waals surface area contributed by atoms with Gasteiger partial charge in [0.15, 0.2) is 16.4 Å². The molecule has 2 aromatic heterocycles. The van der Waals surface area contributed by atoms with Gasteiger partial charge in [-0.2, -0.15) is 5.10 Å². The van der Waals surface area contributed by atoms with Crippen molar-refractivity contribution < 1.29 is 9.53 Å². The molecule has 0 bridgehead atoms. The number of carbonyl (C=O) groups excluding carboxylic acids is 1. The molecule has 0 aliphatic rings. The minimum absolute atomic E-state index is 0.165. The number of hydrogen-bond donors (Lipinski definition) is 2. The fourth-order valence-electron chi connectivity index (χ4n) is 3.18. The van der Waals surface area contributed by atoms with Crippen LogP contribution in [0.2, 0.25) is 0 Å². The van der Waals surface area contributed by atoms with E-state index in [1.54, 1.807) is 17.0 Å². The van der Waals surface area contributed by atoms with Gasteiger partial charge in [0, 0.05) is 24.1 Å². The van der Waals surface area contributed by atoms with E-state index in [1.165, 1.54) is 0 Å². The maximum Gasteiger partial charge on any atom is 0.226 e. The number of nitrogens with one attached hydrogen (secondary N) is 2. The predicted molar refractivity (Wildman–Crippen MR) is 125 cm³/mol. The Kier molecular flexibility index (Phi) is 6.66. The van der Waals surface area contributed by atoms with E-state index in [1.807, 2.05) is 61.5 Å². The largest absolute Gasteiger partial charge is 0.494 e. The molecule has 8 nitrogen and oxygen atoms in total. The van der Waals surface area contributed by atoms with E-state index in [2.05, 4.69) is 25.5 Å². The van der Waals surface area contributed by atoms with Crippen molar-refractivity contribution in [3.63, 3.8) is 0 Å². The number of nitrogens with zero attached hydrogens (tertiary/aromatic N) is 4. The molecular formula is C23H22N6O2S. The van der Waals surface area contributed by atoms with E-state index in [9.17, 15) is 4.79 Å². The summed E-state index contributed by atoms with van der Waals surface area (Å²) in [6.45, 7) is 2.92. The van der Waals surface area contributed by atoms with Crippen molar-refractivity contribution in [3.8, 4) is 28.5 Å². The number of ether oxygens (including phenoxy) is 1. The number of benzene rings is 2. The summed E-state index contributed by atoms with van der Waals surface area (Å²) in [7, 11) is 0. The maximum atomic E-state index is 12.5. The van der Waals surface area contributed by atoms with Gasteiger partial charge in [-0.15, -0.1) is 0 Å². The molecule has 4 aromatic rings. The van der Waals surface area contributed by atoms with Gasteiger partial charge in [-0.05, 0) is 43.4 Å². The minimum Gasteiger partial charge on any atom is -0.494 e. The Balaban J connectivity index is 1.39. The van der Waals surface area contributed by atoms with E-state index in [0.717, 1.165) is 16.9 Å². The lowest BCUT2D eigenvalue weighted by Crippen LogP contribution is -2.15. The number of amides is 1. The van der Waals surface area contributed by atoms with Crippen molar-refractivity contribution in [1.82, 2.24) is 24.7 Å². The number of hydrogen-bond acceptors (Lipinski definition) is 6. The molecule has 1 amide bonds. The van der Waals surface area contributed by atoms with Crippen molar-refractivity contribution in [2.45, 2.75) is 19.9 Å². The fraction of sp³-hybridized carbons (Fsp3) is 0.174. The Morgan fingerprint density at radius 3 is 2.47 bits per heavy atom. The third kappa shape index (κ3) is 5.06. The standard InChI is InChI=1S/C23H22N6O2S/c1-2-31-19-10-8-17(9-11-19)22-27-28-23(32)29(22)13-12-20(30)26-18-14-24-21(25-15-18)16-6-4-3-5-7-16/h3-11,14-15H,2,12-13H2,1H3,(H,26,30)(H,28,32). The molecule has 2 heterocycles. The van der Waals surface area contributed by atoms with Crippen LogP contribution in [0, 0.1) is 4.77 Å². The van der Waals surface area contributed by atoms with Gasteiger partial charge in [0.2, 0.25) is 5.91 Å². The first-order chi connectivity index (χ1) is 15.6. The van der Waals surface area contributed by atoms with Crippen molar-refractivity contribution in [1.29, 1.82) is 0 Å². The average molecular weight is 447 g/mol. The molecule has 32 heavy (non-hydrogen) atoms. The number of carbonyl (C=O) groups is 1. The third-order valence-corrected chi connectivity index (χ3v) is 5.02. The normalized spacial score (nSPS) is 10.7. The van der Waals surface area contributed by atoms with Gasteiger partial charge in [0.25, 0.3) is 0 Å². The number of aromatic amines is 1. The summed E-state index contributed by atoms with van der Waals surface area (Å²) in [6, 6.07) is 17.3. The highest BCUT2D eigenvalue weighted by Gasteiger charge is 2.12. The van der Waals surface area contributed by atoms with E-state index in [-0.39, 0.29) is 12.3 Å². The number of anilines is 1. The first-order valence-corrected chi connectivity index (χ1v) is 10.6. The molecule has 0 saturated heterocycles. The average Bonchev–Trinajstić information content (AvgIpc) is 3.20. The molecule has 0 spiro atoms. The van der Waals surface area contributed by atoms with Crippen LogP contribution < -0.4 is 10.1 Å². The molecule has 4 rings (SSSR count). The molecule has 0 atom stereocenters. The van der Waals surface area contributed by atoms with Gasteiger partial charge >= 0.3 is 0 Å². The summed E-state index contributed by atoms with van der Waals surface area (Å²) in [6.07, 6.45) is 3.42. The summed E-state index contributed by atoms with van der Waals surface area (Å²) in [5.74, 6) is 1.90. The van der Waals surface area contributed by atoms with Crippen LogP contribution in [0.5, 0.6) is 5.75 Å². The van der Waals surface area contributed by atoms with Crippen LogP contribution in [-0.4, -0.2) is 37.2 Å². The molecule has 0 saturated carbocycles. The fourth-order valence-corrected chi connectivity index (χ4v) is 3.40. The zero-order valence-corrected chi connectivity index (χ0v) is 18.3. The van der Waals surface area contributed by atoms with Gasteiger partial charge in [-0.1, -0.05) is 30.3 Å². The monoisotopic (exact) mass is 446 g/mol. The van der Waals surface area contributed by atoms with E-state index < -0.39 is 0 Å². The summed E-state index contributed by atoms with van der Waals surface area (Å²) < 4.78 is 7.74. The van der Waals surface area contributed by atoms with E-state index in [4.69, 9.17) is 17.0 Å². The molecule has 0 aliphatic carbocycles. The van der Waals surface area contributed by atoms with Gasteiger partial charge in [-0.3, -0.25) is 14.5 Å². The Hall–Kier alpha value is -3.85. The highest BCUT2D eigenvalue weighted by Crippen LogP contribution is 2.21. The maximum absolute atomic E-state index is 12.5. The quantitative estimate of drug-likeness (QED) is 0.387. The second-order valence-electron chi connectivity index (χ2n) is 6.92. The SMILES string of the molecule is CCOc1ccc(-c2n[nH]c(=S)n2CCC(=O)Nc2cnc(-c3ccccc3)nc2)cc1. The first kappa shape index (κ1) is 21.4. The second kappa shape index (κ2) is 9.97. The van der Waals surface area contributed by atoms with Crippen LogP contribution in [0.3, 0.4) is 0 Å². The van der Waals surface area contributed by atoms with Crippen LogP contribution in [0.4, 0.5) is 5.69 Å². The Morgan fingerprint density at radius 2 is 1.78 bits per heavy atom. The van der Waals surface area contributed by atoms with Crippen LogP contribution >= 0.6 is 12.2 Å². The zero-order valence-electron chi connectivity index (χ0n) is 17.5. The molecule has 2 N–H and O–H groups in total. The Labute approximate surface area is 190 Å². The summed E-state index contributed by atoms with van der Waals surface area (Å²) in [5, 5.41) is 9.94. The van der Waals surface area contributed by atoms with Gasteiger partial charge in [0.05, 0.1) is 24.7 Å². The molecule has 0 fully saturated rings. The Morgan fingerprint density at radius 1 is 1.06 bits per heavy atom. The van der Waals surface area contributed by atoms with Crippen LogP contribution in [0.1, 0.15) is 13.3 Å². The van der Waals surface area contributed by atoms with Crippen molar-refractivity contribution in [2.75, 3.05) is 11.9 Å². The smallest absolute Gasteiger partial charge is 0.226 e. The van der Waals surface area contributed by atoms with Gasteiger partial charge < -0.3 is 10.1 Å². The van der Waals surface area contributed by atoms with Crippen molar-refractivity contribution >= 4 is 23.8 Å². The number of aromatic nitrogens is 5. The lowest BCUT2D eigenvalue weighted by molar-refractivity contribution is -0.116. The predicted octanol–water partition coefficient (Wildman–Crippen LogP) is 4.49. The molecule has 162 valence electrons. The molecule has 0 aliphatic heterocycles.